The molecule has 148 valence electrons. The molecule has 3 heterocycles. The fourth-order valence-electron chi connectivity index (χ4n) is 3.49. The molecule has 0 radical (unpaired) electrons. The first-order valence-corrected chi connectivity index (χ1v) is 10.7. The minimum Gasteiger partial charge on any atom is -0.352 e. The minimum atomic E-state index is -3.52. The maximum Gasteiger partial charge on any atom is 0.243 e. The topological polar surface area (TPSA) is 97.1 Å². The van der Waals surface area contributed by atoms with E-state index >= 15 is 0 Å². The number of rotatable bonds is 4. The molecule has 3 aromatic rings. The Morgan fingerprint density at radius 2 is 1.82 bits per heavy atom. The predicted molar refractivity (Wildman–Crippen MR) is 106 cm³/mol. The first kappa shape index (κ1) is 18.8. The first-order chi connectivity index (χ1) is 13.4. The van der Waals surface area contributed by atoms with Crippen LogP contribution in [0.5, 0.6) is 0 Å². The average molecular weight is 401 g/mol. The maximum atomic E-state index is 13.1. The third-order valence-corrected chi connectivity index (χ3v) is 7.12. The molecule has 1 aromatic carbocycles. The van der Waals surface area contributed by atoms with Gasteiger partial charge in [-0.25, -0.2) is 23.1 Å². The number of fused-ring (bicyclic) bond motifs is 1. The molecule has 4 rings (SSSR count). The number of aromatic nitrogens is 5. The fraction of sp³-hybridized carbons (Fsp3) is 0.444. The van der Waals surface area contributed by atoms with Gasteiger partial charge < -0.3 is 4.90 Å². The van der Waals surface area contributed by atoms with E-state index in [0.717, 1.165) is 11.1 Å². The highest BCUT2D eigenvalue weighted by Gasteiger charge is 2.31. The Kier molecular flexibility index (Phi) is 4.76. The van der Waals surface area contributed by atoms with Crippen LogP contribution in [0.15, 0.2) is 29.4 Å². The van der Waals surface area contributed by atoms with Crippen LogP contribution in [-0.4, -0.2) is 63.9 Å². The van der Waals surface area contributed by atoms with Crippen LogP contribution in [0, 0.1) is 13.8 Å². The van der Waals surface area contributed by atoms with Crippen molar-refractivity contribution in [3.63, 3.8) is 0 Å². The SMILES string of the molecule is CCn1nnc2c(N3CCN(S(=O)(=O)c4cc(C)ccc4C)CC3)ncnc21. The zero-order chi connectivity index (χ0) is 19.9. The molecule has 2 aromatic heterocycles. The summed E-state index contributed by atoms with van der Waals surface area (Å²) >= 11 is 0. The van der Waals surface area contributed by atoms with Crippen LogP contribution in [0.25, 0.3) is 11.2 Å². The Labute approximate surface area is 164 Å². The number of sulfonamides is 1. The summed E-state index contributed by atoms with van der Waals surface area (Å²) in [5, 5.41) is 8.33. The van der Waals surface area contributed by atoms with Crippen LogP contribution in [0.1, 0.15) is 18.1 Å². The second kappa shape index (κ2) is 7.10. The van der Waals surface area contributed by atoms with Crippen molar-refractivity contribution in [1.29, 1.82) is 0 Å². The Hall–Kier alpha value is -2.59. The van der Waals surface area contributed by atoms with Crippen LogP contribution < -0.4 is 4.90 Å². The predicted octanol–water partition coefficient (Wildman–Crippen LogP) is 1.37. The van der Waals surface area contributed by atoms with E-state index in [2.05, 4.69) is 20.3 Å². The lowest BCUT2D eigenvalue weighted by atomic mass is 10.2. The van der Waals surface area contributed by atoms with E-state index in [9.17, 15) is 8.42 Å². The molecule has 1 aliphatic heterocycles. The van der Waals surface area contributed by atoms with Crippen molar-refractivity contribution in [2.24, 2.45) is 0 Å². The van der Waals surface area contributed by atoms with E-state index in [1.54, 1.807) is 15.1 Å². The van der Waals surface area contributed by atoms with E-state index in [4.69, 9.17) is 0 Å². The van der Waals surface area contributed by atoms with Gasteiger partial charge in [0.15, 0.2) is 17.0 Å². The van der Waals surface area contributed by atoms with Crippen LogP contribution in [0.4, 0.5) is 5.82 Å². The first-order valence-electron chi connectivity index (χ1n) is 9.28. The summed E-state index contributed by atoms with van der Waals surface area (Å²) in [5.41, 5.74) is 3.04. The second-order valence-electron chi connectivity index (χ2n) is 6.93. The van der Waals surface area contributed by atoms with Crippen molar-refractivity contribution in [3.8, 4) is 0 Å². The van der Waals surface area contributed by atoms with Gasteiger partial charge in [-0.05, 0) is 38.0 Å². The molecule has 0 atom stereocenters. The van der Waals surface area contributed by atoms with Crippen molar-refractivity contribution in [3.05, 3.63) is 35.7 Å². The monoisotopic (exact) mass is 401 g/mol. The van der Waals surface area contributed by atoms with Gasteiger partial charge in [-0.1, -0.05) is 17.3 Å². The van der Waals surface area contributed by atoms with Gasteiger partial charge >= 0.3 is 0 Å². The zero-order valence-corrected chi connectivity index (χ0v) is 17.0. The highest BCUT2D eigenvalue weighted by molar-refractivity contribution is 7.89. The van der Waals surface area contributed by atoms with Gasteiger partial charge in [-0.2, -0.15) is 4.31 Å². The third-order valence-electron chi connectivity index (χ3n) is 5.08. The van der Waals surface area contributed by atoms with Crippen molar-refractivity contribution >= 4 is 27.0 Å². The quantitative estimate of drug-likeness (QED) is 0.651. The molecule has 0 aliphatic carbocycles. The van der Waals surface area contributed by atoms with Gasteiger partial charge in [-0.15, -0.1) is 5.10 Å². The van der Waals surface area contributed by atoms with E-state index in [1.165, 1.54) is 6.33 Å². The summed E-state index contributed by atoms with van der Waals surface area (Å²) < 4.78 is 29.5. The largest absolute Gasteiger partial charge is 0.352 e. The number of hydrogen-bond donors (Lipinski definition) is 0. The molecular weight excluding hydrogens is 378 g/mol. The molecule has 0 bridgehead atoms. The summed E-state index contributed by atoms with van der Waals surface area (Å²) in [7, 11) is -3.52. The Morgan fingerprint density at radius 1 is 1.07 bits per heavy atom. The van der Waals surface area contributed by atoms with Gasteiger partial charge in [0, 0.05) is 32.7 Å². The molecule has 1 saturated heterocycles. The van der Waals surface area contributed by atoms with E-state index < -0.39 is 10.0 Å². The molecule has 1 fully saturated rings. The van der Waals surface area contributed by atoms with Crippen LogP contribution in [0.3, 0.4) is 0 Å². The highest BCUT2D eigenvalue weighted by atomic mass is 32.2. The molecule has 0 spiro atoms. The molecule has 0 N–H and O–H groups in total. The zero-order valence-electron chi connectivity index (χ0n) is 16.2. The average Bonchev–Trinajstić information content (AvgIpc) is 3.13. The summed E-state index contributed by atoms with van der Waals surface area (Å²) in [4.78, 5) is 11.1. The fourth-order valence-corrected chi connectivity index (χ4v) is 5.22. The van der Waals surface area contributed by atoms with E-state index in [0.29, 0.717) is 54.6 Å². The van der Waals surface area contributed by atoms with Crippen molar-refractivity contribution < 1.29 is 8.42 Å². The Morgan fingerprint density at radius 3 is 2.54 bits per heavy atom. The molecule has 1 aliphatic rings. The minimum absolute atomic E-state index is 0.385. The van der Waals surface area contributed by atoms with Gasteiger partial charge in [0.2, 0.25) is 10.0 Å². The lowest BCUT2D eigenvalue weighted by molar-refractivity contribution is 0.384. The smallest absolute Gasteiger partial charge is 0.243 e. The number of hydrogen-bond acceptors (Lipinski definition) is 7. The number of benzene rings is 1. The molecule has 0 amide bonds. The Balaban J connectivity index is 1.57. The molecule has 0 unspecified atom stereocenters. The van der Waals surface area contributed by atoms with Crippen LogP contribution in [0.2, 0.25) is 0 Å². The van der Waals surface area contributed by atoms with Crippen molar-refractivity contribution in [2.45, 2.75) is 32.2 Å². The van der Waals surface area contributed by atoms with Gasteiger partial charge in [0.05, 0.1) is 4.90 Å². The van der Waals surface area contributed by atoms with Gasteiger partial charge in [0.1, 0.15) is 6.33 Å². The molecule has 0 saturated carbocycles. The maximum absolute atomic E-state index is 13.1. The van der Waals surface area contributed by atoms with E-state index in [-0.39, 0.29) is 0 Å². The van der Waals surface area contributed by atoms with Crippen LogP contribution >= 0.6 is 0 Å². The van der Waals surface area contributed by atoms with Crippen LogP contribution in [-0.2, 0) is 16.6 Å². The normalized spacial score (nSPS) is 16.0. The van der Waals surface area contributed by atoms with Gasteiger partial charge in [-0.3, -0.25) is 0 Å². The summed E-state index contributed by atoms with van der Waals surface area (Å²) in [6, 6.07) is 5.53. The molecule has 10 heteroatoms. The molecule has 28 heavy (non-hydrogen) atoms. The number of anilines is 1. The number of nitrogens with zero attached hydrogens (tertiary/aromatic N) is 7. The highest BCUT2D eigenvalue weighted by Crippen LogP contribution is 2.25. The summed E-state index contributed by atoms with van der Waals surface area (Å²) in [6.45, 7) is 8.25. The number of piperazine rings is 1. The van der Waals surface area contributed by atoms with E-state index in [1.807, 2.05) is 37.8 Å². The summed E-state index contributed by atoms with van der Waals surface area (Å²) in [5.74, 6) is 0.702. The number of aryl methyl sites for hydroxylation is 3. The lowest BCUT2D eigenvalue weighted by Crippen LogP contribution is -2.49. The Bertz CT molecular complexity index is 1120. The summed E-state index contributed by atoms with van der Waals surface area (Å²) in [6.07, 6.45) is 1.51. The standard InChI is InChI=1S/C18H23N7O2S/c1-4-25-18-16(21-22-25)17(19-12-20-18)23-7-9-24(10-8-23)28(26,27)15-11-13(2)5-6-14(15)3/h5-6,11-12H,4,7-10H2,1-3H3. The third kappa shape index (κ3) is 3.12. The van der Waals surface area contributed by atoms with Crippen molar-refractivity contribution in [1.82, 2.24) is 29.3 Å². The lowest BCUT2D eigenvalue weighted by Gasteiger charge is -2.34. The second-order valence-corrected chi connectivity index (χ2v) is 8.84. The molecular formula is C18H23N7O2S. The van der Waals surface area contributed by atoms with Crippen molar-refractivity contribution in [2.75, 3.05) is 31.1 Å². The molecule has 9 nitrogen and oxygen atoms in total. The van der Waals surface area contributed by atoms with Gasteiger partial charge in [0.25, 0.3) is 0 Å².